The SMILES string of the molecule is CNC(=O)N1CC2(CCNCC2)C1.Cl.Cl. The zero-order chi connectivity index (χ0) is 9.31. The monoisotopic (exact) mass is 255 g/mol. The molecule has 6 heteroatoms. The Balaban J connectivity index is 0.000000980. The van der Waals surface area contributed by atoms with Crippen LogP contribution in [0.2, 0.25) is 0 Å². The maximum absolute atomic E-state index is 11.2. The van der Waals surface area contributed by atoms with Gasteiger partial charge in [-0.05, 0) is 25.9 Å². The summed E-state index contributed by atoms with van der Waals surface area (Å²) in [7, 11) is 1.69. The number of halogens is 2. The van der Waals surface area contributed by atoms with Gasteiger partial charge in [0.05, 0.1) is 0 Å². The van der Waals surface area contributed by atoms with E-state index in [0.29, 0.717) is 5.41 Å². The highest BCUT2D eigenvalue weighted by atomic mass is 35.5. The second-order valence-corrected chi connectivity index (χ2v) is 4.16. The first-order chi connectivity index (χ1) is 6.26. The van der Waals surface area contributed by atoms with Crippen molar-refractivity contribution in [1.29, 1.82) is 0 Å². The van der Waals surface area contributed by atoms with E-state index in [9.17, 15) is 4.79 Å². The van der Waals surface area contributed by atoms with Crippen molar-refractivity contribution in [2.24, 2.45) is 5.41 Å². The first-order valence-electron chi connectivity index (χ1n) is 4.93. The van der Waals surface area contributed by atoms with E-state index in [0.717, 1.165) is 26.2 Å². The molecule has 0 aromatic rings. The molecule has 2 rings (SSSR count). The normalized spacial score (nSPS) is 22.1. The molecule has 2 saturated heterocycles. The molecule has 0 aromatic heterocycles. The molecule has 2 heterocycles. The topological polar surface area (TPSA) is 44.4 Å². The first kappa shape index (κ1) is 14.8. The summed E-state index contributed by atoms with van der Waals surface area (Å²) in [5, 5.41) is 6.01. The van der Waals surface area contributed by atoms with Crippen LogP contribution in [0.4, 0.5) is 4.79 Å². The third-order valence-electron chi connectivity index (χ3n) is 3.22. The number of hydrogen-bond acceptors (Lipinski definition) is 2. The molecule has 15 heavy (non-hydrogen) atoms. The van der Waals surface area contributed by atoms with Crippen LogP contribution in [0.1, 0.15) is 12.8 Å². The molecule has 2 N–H and O–H groups in total. The van der Waals surface area contributed by atoms with Gasteiger partial charge in [-0.15, -0.1) is 24.8 Å². The van der Waals surface area contributed by atoms with Crippen LogP contribution in [0.25, 0.3) is 0 Å². The Bertz CT molecular complexity index is 211. The third-order valence-corrected chi connectivity index (χ3v) is 3.22. The van der Waals surface area contributed by atoms with Gasteiger partial charge in [-0.25, -0.2) is 4.79 Å². The Morgan fingerprint density at radius 2 is 1.80 bits per heavy atom. The molecule has 2 fully saturated rings. The minimum atomic E-state index is 0. The summed E-state index contributed by atoms with van der Waals surface area (Å²) in [6.07, 6.45) is 2.45. The van der Waals surface area contributed by atoms with Crippen molar-refractivity contribution < 1.29 is 4.79 Å². The average molecular weight is 256 g/mol. The van der Waals surface area contributed by atoms with E-state index in [1.165, 1.54) is 12.8 Å². The smallest absolute Gasteiger partial charge is 0.317 e. The van der Waals surface area contributed by atoms with E-state index in [4.69, 9.17) is 0 Å². The van der Waals surface area contributed by atoms with Crippen LogP contribution >= 0.6 is 24.8 Å². The molecule has 0 radical (unpaired) electrons. The van der Waals surface area contributed by atoms with E-state index >= 15 is 0 Å². The van der Waals surface area contributed by atoms with Crippen LogP contribution in [-0.2, 0) is 0 Å². The summed E-state index contributed by atoms with van der Waals surface area (Å²) < 4.78 is 0. The number of carbonyl (C=O) groups excluding carboxylic acids is 1. The molecule has 1 spiro atoms. The van der Waals surface area contributed by atoms with Crippen molar-refractivity contribution in [3.63, 3.8) is 0 Å². The number of urea groups is 1. The van der Waals surface area contributed by atoms with Crippen LogP contribution in [0.3, 0.4) is 0 Å². The maximum atomic E-state index is 11.2. The zero-order valence-corrected chi connectivity index (χ0v) is 10.5. The van der Waals surface area contributed by atoms with Crippen LogP contribution in [-0.4, -0.2) is 44.2 Å². The summed E-state index contributed by atoms with van der Waals surface area (Å²) >= 11 is 0. The van der Waals surface area contributed by atoms with Crippen LogP contribution in [0.5, 0.6) is 0 Å². The van der Waals surface area contributed by atoms with Crippen molar-refractivity contribution in [1.82, 2.24) is 15.5 Å². The average Bonchev–Trinajstić information content (AvgIpc) is 2.14. The van der Waals surface area contributed by atoms with Gasteiger partial charge >= 0.3 is 6.03 Å². The van der Waals surface area contributed by atoms with Gasteiger partial charge in [-0.1, -0.05) is 0 Å². The predicted octanol–water partition coefficient (Wildman–Crippen LogP) is 0.855. The summed E-state index contributed by atoms with van der Waals surface area (Å²) in [6, 6.07) is 0.0733. The van der Waals surface area contributed by atoms with Gasteiger partial charge in [-0.3, -0.25) is 0 Å². The van der Waals surface area contributed by atoms with E-state index < -0.39 is 0 Å². The fraction of sp³-hybridized carbons (Fsp3) is 0.889. The van der Waals surface area contributed by atoms with Crippen LogP contribution in [0, 0.1) is 5.41 Å². The van der Waals surface area contributed by atoms with E-state index in [-0.39, 0.29) is 30.8 Å². The predicted molar refractivity (Wildman–Crippen MR) is 65.1 cm³/mol. The molecule has 0 aliphatic carbocycles. The highest BCUT2D eigenvalue weighted by molar-refractivity contribution is 5.85. The van der Waals surface area contributed by atoms with E-state index in [1.807, 2.05) is 4.90 Å². The Morgan fingerprint density at radius 3 is 2.27 bits per heavy atom. The van der Waals surface area contributed by atoms with Crippen molar-refractivity contribution in [3.8, 4) is 0 Å². The molecule has 4 nitrogen and oxygen atoms in total. The molecule has 2 aliphatic heterocycles. The molecule has 0 saturated carbocycles. The Hall–Kier alpha value is -0.190. The molecular weight excluding hydrogens is 237 g/mol. The van der Waals surface area contributed by atoms with Gasteiger partial charge < -0.3 is 15.5 Å². The lowest BCUT2D eigenvalue weighted by Crippen LogP contribution is -2.63. The van der Waals surface area contributed by atoms with E-state index in [2.05, 4.69) is 10.6 Å². The summed E-state index contributed by atoms with van der Waals surface area (Å²) in [5.41, 5.74) is 0.456. The standard InChI is InChI=1S/C9H17N3O.2ClH/c1-10-8(13)12-6-9(7-12)2-4-11-5-3-9;;/h11H,2-7H2,1H3,(H,10,13);2*1H. The molecule has 0 aromatic carbocycles. The van der Waals surface area contributed by atoms with Crippen molar-refractivity contribution >= 4 is 30.8 Å². The number of carbonyl (C=O) groups is 1. The van der Waals surface area contributed by atoms with Gasteiger partial charge in [0.2, 0.25) is 0 Å². The minimum absolute atomic E-state index is 0. The van der Waals surface area contributed by atoms with Crippen molar-refractivity contribution in [2.75, 3.05) is 33.2 Å². The second-order valence-electron chi connectivity index (χ2n) is 4.16. The largest absolute Gasteiger partial charge is 0.341 e. The van der Waals surface area contributed by atoms with Crippen LogP contribution in [0.15, 0.2) is 0 Å². The van der Waals surface area contributed by atoms with Crippen molar-refractivity contribution in [2.45, 2.75) is 12.8 Å². The molecule has 90 valence electrons. The quantitative estimate of drug-likeness (QED) is 0.675. The van der Waals surface area contributed by atoms with Gasteiger partial charge in [-0.2, -0.15) is 0 Å². The maximum Gasteiger partial charge on any atom is 0.317 e. The third kappa shape index (κ3) is 2.89. The fourth-order valence-electron chi connectivity index (χ4n) is 2.34. The molecule has 0 atom stereocenters. The number of hydrogen-bond donors (Lipinski definition) is 2. The highest BCUT2D eigenvalue weighted by Crippen LogP contribution is 2.38. The van der Waals surface area contributed by atoms with Gasteiger partial charge in [0.25, 0.3) is 0 Å². The lowest BCUT2D eigenvalue weighted by Gasteiger charge is -2.52. The van der Waals surface area contributed by atoms with Gasteiger partial charge in [0.1, 0.15) is 0 Å². The summed E-state index contributed by atoms with van der Waals surface area (Å²) in [5.74, 6) is 0. The molecule has 0 unspecified atom stereocenters. The molecular formula is C9H19Cl2N3O. The Morgan fingerprint density at radius 1 is 1.27 bits per heavy atom. The lowest BCUT2D eigenvalue weighted by atomic mass is 9.72. The van der Waals surface area contributed by atoms with Gasteiger partial charge in [0, 0.05) is 25.6 Å². The number of nitrogens with one attached hydrogen (secondary N) is 2. The number of likely N-dealkylation sites (tertiary alicyclic amines) is 1. The number of piperidine rings is 1. The first-order valence-corrected chi connectivity index (χ1v) is 4.93. The number of rotatable bonds is 0. The summed E-state index contributed by atoms with van der Waals surface area (Å²) in [4.78, 5) is 13.1. The minimum Gasteiger partial charge on any atom is -0.341 e. The molecule has 2 amide bonds. The second kappa shape index (κ2) is 5.77. The summed E-state index contributed by atoms with van der Waals surface area (Å²) in [6.45, 7) is 4.13. The molecule has 0 bridgehead atoms. The Labute approximate surface area is 103 Å². The van der Waals surface area contributed by atoms with E-state index in [1.54, 1.807) is 7.05 Å². The number of nitrogens with zero attached hydrogens (tertiary/aromatic N) is 1. The molecule has 2 aliphatic rings. The van der Waals surface area contributed by atoms with Crippen molar-refractivity contribution in [3.05, 3.63) is 0 Å². The van der Waals surface area contributed by atoms with Gasteiger partial charge in [0.15, 0.2) is 0 Å². The fourth-order valence-corrected chi connectivity index (χ4v) is 2.34. The van der Waals surface area contributed by atoms with Crippen LogP contribution < -0.4 is 10.6 Å². The number of amides is 2. The Kier molecular flexibility index (Phi) is 5.70. The zero-order valence-electron chi connectivity index (χ0n) is 8.91. The highest BCUT2D eigenvalue weighted by Gasteiger charge is 2.45. The lowest BCUT2D eigenvalue weighted by molar-refractivity contribution is 0.00701.